The third-order valence-corrected chi connectivity index (χ3v) is 14.9. The molecule has 0 N–H and O–H groups in total. The summed E-state index contributed by atoms with van der Waals surface area (Å²) in [4.78, 5) is 0. The maximum absolute atomic E-state index is 2.73. The fourth-order valence-electron chi connectivity index (χ4n) is 11.6. The first-order chi connectivity index (χ1) is 28.5. The molecule has 0 heteroatoms. The van der Waals surface area contributed by atoms with Crippen LogP contribution in [-0.4, -0.2) is 0 Å². The van der Waals surface area contributed by atoms with Crippen LogP contribution in [0, 0.1) is 0 Å². The lowest BCUT2D eigenvalue weighted by molar-refractivity contribution is 0.398. The molecule has 0 fully saturated rings. The normalized spacial score (nSPS) is 14.9. The summed E-state index contributed by atoms with van der Waals surface area (Å²) in [5.74, 6) is 0.654. The Morgan fingerprint density at radius 2 is 0.759 bits per heavy atom. The SMILES string of the molecule is CCCCCCCC1(CCCCCCC)c2cc(-c3ccc4c(c3)C(CCCCCC)(CCCCCC)c3ccccc3-4)ccc2-c2ccc(C(CC)CCC)cc21. The van der Waals surface area contributed by atoms with Gasteiger partial charge in [-0.15, -0.1) is 0 Å². The lowest BCUT2D eigenvalue weighted by Gasteiger charge is -2.34. The Morgan fingerprint density at radius 1 is 0.362 bits per heavy atom. The second kappa shape index (κ2) is 21.9. The molecule has 2 aliphatic carbocycles. The van der Waals surface area contributed by atoms with Gasteiger partial charge in [-0.3, -0.25) is 0 Å². The summed E-state index contributed by atoms with van der Waals surface area (Å²) >= 11 is 0. The van der Waals surface area contributed by atoms with Crippen molar-refractivity contribution in [2.24, 2.45) is 0 Å². The summed E-state index contributed by atoms with van der Waals surface area (Å²) in [7, 11) is 0. The summed E-state index contributed by atoms with van der Waals surface area (Å²) in [6.45, 7) is 14.2. The Balaban J connectivity index is 1.46. The van der Waals surface area contributed by atoms with Crippen molar-refractivity contribution in [3.8, 4) is 33.4 Å². The van der Waals surface area contributed by atoms with Crippen LogP contribution in [0.15, 0.2) is 78.9 Å². The van der Waals surface area contributed by atoms with Crippen LogP contribution in [0.4, 0.5) is 0 Å². The Hall–Kier alpha value is -3.12. The molecule has 1 atom stereocenters. The van der Waals surface area contributed by atoms with E-state index in [-0.39, 0.29) is 10.8 Å². The van der Waals surface area contributed by atoms with Crippen LogP contribution in [0.5, 0.6) is 0 Å². The van der Waals surface area contributed by atoms with E-state index in [2.05, 4.69) is 120 Å². The molecule has 0 heterocycles. The maximum Gasteiger partial charge on any atom is 0.0215 e. The van der Waals surface area contributed by atoms with Crippen molar-refractivity contribution < 1.29 is 0 Å². The van der Waals surface area contributed by atoms with Gasteiger partial charge in [0.1, 0.15) is 0 Å². The number of benzene rings is 4. The van der Waals surface area contributed by atoms with Gasteiger partial charge >= 0.3 is 0 Å². The molecular formula is C58H82. The topological polar surface area (TPSA) is 0 Å². The highest BCUT2D eigenvalue weighted by Gasteiger charge is 2.44. The molecule has 0 saturated heterocycles. The monoisotopic (exact) mass is 779 g/mol. The van der Waals surface area contributed by atoms with Crippen LogP contribution in [0.3, 0.4) is 0 Å². The number of unbranched alkanes of at least 4 members (excludes halogenated alkanes) is 14. The van der Waals surface area contributed by atoms with Crippen molar-refractivity contribution in [2.75, 3.05) is 0 Å². The molecule has 0 amide bonds. The van der Waals surface area contributed by atoms with Gasteiger partial charge in [0.25, 0.3) is 0 Å². The van der Waals surface area contributed by atoms with E-state index in [0.717, 1.165) is 0 Å². The zero-order valence-electron chi connectivity index (χ0n) is 38.3. The smallest absolute Gasteiger partial charge is 0.0215 e. The number of rotatable bonds is 27. The molecule has 0 saturated carbocycles. The van der Waals surface area contributed by atoms with E-state index in [1.165, 1.54) is 194 Å². The summed E-state index contributed by atoms with van der Waals surface area (Å²) in [5, 5.41) is 0. The summed E-state index contributed by atoms with van der Waals surface area (Å²) in [6.07, 6.45) is 32.9. The molecule has 4 aromatic carbocycles. The van der Waals surface area contributed by atoms with Crippen LogP contribution in [0.1, 0.15) is 236 Å². The summed E-state index contributed by atoms with van der Waals surface area (Å²) < 4.78 is 0. The third kappa shape index (κ3) is 9.58. The Morgan fingerprint density at radius 3 is 1.22 bits per heavy atom. The average Bonchev–Trinajstić information content (AvgIpc) is 3.68. The lowest BCUT2D eigenvalue weighted by atomic mass is 9.69. The average molecular weight is 779 g/mol. The predicted octanol–water partition coefficient (Wildman–Crippen LogP) is 18.8. The van der Waals surface area contributed by atoms with Gasteiger partial charge in [0, 0.05) is 10.8 Å². The van der Waals surface area contributed by atoms with Crippen LogP contribution in [0.2, 0.25) is 0 Å². The van der Waals surface area contributed by atoms with Crippen LogP contribution < -0.4 is 0 Å². The van der Waals surface area contributed by atoms with E-state index < -0.39 is 0 Å². The minimum Gasteiger partial charge on any atom is -0.0654 e. The van der Waals surface area contributed by atoms with Gasteiger partial charge < -0.3 is 0 Å². The molecule has 4 aromatic rings. The Bertz CT molecular complexity index is 1830. The third-order valence-electron chi connectivity index (χ3n) is 14.9. The second-order valence-corrected chi connectivity index (χ2v) is 18.9. The van der Waals surface area contributed by atoms with E-state index in [1.54, 1.807) is 27.8 Å². The maximum atomic E-state index is 2.73. The fraction of sp³-hybridized carbons (Fsp3) is 0.586. The fourth-order valence-corrected chi connectivity index (χ4v) is 11.6. The first-order valence-corrected chi connectivity index (χ1v) is 25.1. The zero-order valence-corrected chi connectivity index (χ0v) is 38.3. The van der Waals surface area contributed by atoms with Gasteiger partial charge in [0.15, 0.2) is 0 Å². The molecule has 0 nitrogen and oxygen atoms in total. The van der Waals surface area contributed by atoms with Crippen molar-refractivity contribution in [2.45, 2.75) is 219 Å². The van der Waals surface area contributed by atoms with E-state index >= 15 is 0 Å². The highest BCUT2D eigenvalue weighted by atomic mass is 14.5. The molecule has 0 aliphatic heterocycles. The molecule has 6 rings (SSSR count). The first kappa shape index (κ1) is 44.4. The first-order valence-electron chi connectivity index (χ1n) is 25.1. The molecule has 0 radical (unpaired) electrons. The largest absolute Gasteiger partial charge is 0.0654 e. The van der Waals surface area contributed by atoms with Crippen molar-refractivity contribution in [3.63, 3.8) is 0 Å². The van der Waals surface area contributed by atoms with Gasteiger partial charge in [-0.25, -0.2) is 0 Å². The van der Waals surface area contributed by atoms with Crippen LogP contribution in [-0.2, 0) is 10.8 Å². The Kier molecular flexibility index (Phi) is 16.8. The molecule has 0 aromatic heterocycles. The van der Waals surface area contributed by atoms with Crippen molar-refractivity contribution in [1.29, 1.82) is 0 Å². The quantitative estimate of drug-likeness (QED) is 0.0529. The molecule has 0 spiro atoms. The van der Waals surface area contributed by atoms with Gasteiger partial charge in [0.2, 0.25) is 0 Å². The molecule has 58 heavy (non-hydrogen) atoms. The van der Waals surface area contributed by atoms with E-state index in [1.807, 2.05) is 0 Å². The predicted molar refractivity (Wildman–Crippen MR) is 257 cm³/mol. The highest BCUT2D eigenvalue weighted by Crippen LogP contribution is 2.57. The van der Waals surface area contributed by atoms with E-state index in [0.29, 0.717) is 5.92 Å². The molecule has 314 valence electrons. The number of hydrogen-bond donors (Lipinski definition) is 0. The molecule has 0 bridgehead atoms. The molecule has 1 unspecified atom stereocenters. The van der Waals surface area contributed by atoms with E-state index in [9.17, 15) is 0 Å². The van der Waals surface area contributed by atoms with Crippen molar-refractivity contribution >= 4 is 0 Å². The summed E-state index contributed by atoms with van der Waals surface area (Å²) in [6, 6.07) is 32.7. The minimum absolute atomic E-state index is 0.0922. The molecule has 2 aliphatic rings. The number of hydrogen-bond acceptors (Lipinski definition) is 0. The van der Waals surface area contributed by atoms with Crippen molar-refractivity contribution in [3.05, 3.63) is 107 Å². The molecular weight excluding hydrogens is 697 g/mol. The Labute approximate surface area is 357 Å². The van der Waals surface area contributed by atoms with Gasteiger partial charge in [-0.2, -0.15) is 0 Å². The standard InChI is InChI=1S/C58H82/c1-7-13-17-21-27-40-58(41-28-22-18-14-8-2)55-42-46(45(12-6)29-11-5)32-35-51(55)52-37-34-48(44-56(52)58)47-33-36-50-49-30-23-24-31-53(49)57(54(50)43-47,38-25-19-15-9-3)39-26-20-16-10-4/h23-24,30-37,42-45H,7-22,25-29,38-41H2,1-6H3. The van der Waals surface area contributed by atoms with Crippen LogP contribution in [0.25, 0.3) is 33.4 Å². The van der Waals surface area contributed by atoms with E-state index in [4.69, 9.17) is 0 Å². The van der Waals surface area contributed by atoms with Gasteiger partial charge in [0.05, 0.1) is 0 Å². The van der Waals surface area contributed by atoms with Gasteiger partial charge in [-0.05, 0) is 118 Å². The van der Waals surface area contributed by atoms with Gasteiger partial charge in [-0.1, -0.05) is 230 Å². The number of fused-ring (bicyclic) bond motifs is 6. The second-order valence-electron chi connectivity index (χ2n) is 18.9. The van der Waals surface area contributed by atoms with Crippen LogP contribution >= 0.6 is 0 Å². The lowest BCUT2D eigenvalue weighted by Crippen LogP contribution is -2.26. The van der Waals surface area contributed by atoms with Crippen molar-refractivity contribution in [1.82, 2.24) is 0 Å². The summed E-state index contributed by atoms with van der Waals surface area (Å²) in [5.41, 5.74) is 17.2. The minimum atomic E-state index is 0.0922. The zero-order chi connectivity index (χ0) is 40.8. The highest BCUT2D eigenvalue weighted by molar-refractivity contribution is 5.87.